The zero-order valence-corrected chi connectivity index (χ0v) is 5.23. The minimum absolute atomic E-state index is 0. The fourth-order valence-electron chi connectivity index (χ4n) is 0. The Labute approximate surface area is 114 Å². The molecule has 0 spiro atoms. The number of hydrogen-bond acceptors (Lipinski definition) is 0. The molecule has 0 fully saturated rings. The van der Waals surface area contributed by atoms with Crippen LogP contribution in [-0.4, -0.2) is 79.7 Å². The first-order valence-corrected chi connectivity index (χ1v) is 0. The molecule has 19 valence electrons. The van der Waals surface area contributed by atoms with E-state index < -0.39 is 0 Å². The zero-order valence-electron chi connectivity index (χ0n) is 1.09. The molecule has 0 aromatic heterocycles. The predicted molar refractivity (Wildman–Crippen MR) is 24.2 cm³/mol. The minimum atomic E-state index is 0. The van der Waals surface area contributed by atoms with Crippen molar-refractivity contribution in [3.8, 4) is 0 Å². The van der Waals surface area contributed by atoms with Crippen molar-refractivity contribution in [3.05, 3.63) is 0 Å². The maximum absolute atomic E-state index is 0. The summed E-state index contributed by atoms with van der Waals surface area (Å²) in [4.78, 5) is 0. The normalized spacial score (nSPS) is 0. The van der Waals surface area contributed by atoms with Crippen molar-refractivity contribution in [3.63, 3.8) is 0 Å². The summed E-state index contributed by atoms with van der Waals surface area (Å²) in [5.41, 5.74) is 0. The maximum Gasteiger partial charge on any atom is 0.316 e. The molecule has 0 bridgehead atoms. The molecule has 0 rings (SSSR count). The van der Waals surface area contributed by atoms with E-state index in [0.717, 1.165) is 0 Å². The third-order valence-electron chi connectivity index (χ3n) is 0. The molecule has 0 atom stereocenters. The SMILES string of the molecule is [CaH2].[LiH].[MgH2].[Mn].[Zn]. The summed E-state index contributed by atoms with van der Waals surface area (Å²) in [6.45, 7) is 0. The fourth-order valence-corrected chi connectivity index (χ4v) is 0. The summed E-state index contributed by atoms with van der Waals surface area (Å²) in [7, 11) is 0. The quantitative estimate of drug-likeness (QED) is 0.377. The Kier molecular flexibility index (Phi) is 187. The zero-order chi connectivity index (χ0) is 0. The number of hydrogen-bond donors (Lipinski definition) is 0. The average molecular weight is 197 g/mol. The van der Waals surface area contributed by atoms with Gasteiger partial charge in [-0.15, -0.1) is 0 Å². The van der Waals surface area contributed by atoms with E-state index in [1.165, 1.54) is 0 Å². The average Bonchev–Trinajstić information content (AvgIpc) is 0. The molecule has 0 N–H and O–H groups in total. The second-order valence-electron chi connectivity index (χ2n) is 0. The Morgan fingerprint density at radius 1 is 1.00 bits per heavy atom. The molecule has 0 aliphatic carbocycles. The predicted octanol–water partition coefficient (Wildman–Crippen LogP) is -2.49. The molecule has 5 heavy (non-hydrogen) atoms. The largest absolute Gasteiger partial charge is 0.316 e. The number of rotatable bonds is 0. The van der Waals surface area contributed by atoms with Gasteiger partial charge in [0.2, 0.25) is 0 Å². The molecule has 0 heterocycles. The van der Waals surface area contributed by atoms with Gasteiger partial charge < -0.3 is 0 Å². The first-order chi connectivity index (χ1) is 0. The van der Waals surface area contributed by atoms with Crippen molar-refractivity contribution in [2.75, 3.05) is 0 Å². The summed E-state index contributed by atoms with van der Waals surface area (Å²) < 4.78 is 0. The van der Waals surface area contributed by atoms with Crippen LogP contribution in [0.5, 0.6) is 0 Å². The van der Waals surface area contributed by atoms with Crippen LogP contribution in [0.25, 0.3) is 0 Å². The van der Waals surface area contributed by atoms with Gasteiger partial charge in [-0.1, -0.05) is 0 Å². The molecular weight excluding hydrogens is 192 g/mol. The van der Waals surface area contributed by atoms with E-state index in [0.29, 0.717) is 0 Å². The van der Waals surface area contributed by atoms with Crippen LogP contribution >= 0.6 is 0 Å². The van der Waals surface area contributed by atoms with Crippen LogP contribution in [0.4, 0.5) is 0 Å². The van der Waals surface area contributed by atoms with Crippen molar-refractivity contribution in [2.24, 2.45) is 0 Å². The first-order valence-electron chi connectivity index (χ1n) is 0. The molecule has 1 radical (unpaired) electrons. The fraction of sp³-hybridized carbons (Fsp3) is 0. The summed E-state index contributed by atoms with van der Waals surface area (Å²) in [6.07, 6.45) is 0. The summed E-state index contributed by atoms with van der Waals surface area (Å²) in [5.74, 6) is 0. The molecule has 0 aromatic carbocycles. The van der Waals surface area contributed by atoms with Gasteiger partial charge in [-0.25, -0.2) is 0 Å². The van der Waals surface area contributed by atoms with Gasteiger partial charge in [-0.05, 0) is 0 Å². The Balaban J connectivity index is 0. The van der Waals surface area contributed by atoms with Crippen LogP contribution in [0.2, 0.25) is 0 Å². The third-order valence-corrected chi connectivity index (χ3v) is 0. The van der Waals surface area contributed by atoms with Crippen molar-refractivity contribution in [1.29, 1.82) is 0 Å². The van der Waals surface area contributed by atoms with Crippen LogP contribution in [0.15, 0.2) is 0 Å². The van der Waals surface area contributed by atoms with E-state index >= 15 is 0 Å². The van der Waals surface area contributed by atoms with E-state index in [-0.39, 0.29) is 116 Å². The molecule has 0 aliphatic heterocycles. The molecule has 0 saturated carbocycles. The van der Waals surface area contributed by atoms with Crippen molar-refractivity contribution < 1.29 is 36.5 Å². The molecule has 0 aliphatic rings. The Hall–Kier alpha value is 3.77. The smallest absolute Gasteiger partial charge is 0 e. The van der Waals surface area contributed by atoms with Gasteiger partial charge in [0.05, 0.1) is 0 Å². The van der Waals surface area contributed by atoms with Crippen molar-refractivity contribution >= 4 is 79.7 Å². The molecular formula is H5CaLiMgMnZn. The summed E-state index contributed by atoms with van der Waals surface area (Å²) in [6, 6.07) is 0. The topological polar surface area (TPSA) is 0 Å². The Morgan fingerprint density at radius 3 is 1.00 bits per heavy atom. The van der Waals surface area contributed by atoms with Gasteiger partial charge in [-0.3, -0.25) is 0 Å². The van der Waals surface area contributed by atoms with E-state index in [2.05, 4.69) is 0 Å². The van der Waals surface area contributed by atoms with Crippen LogP contribution < -0.4 is 0 Å². The molecule has 5 heteroatoms. The van der Waals surface area contributed by atoms with Gasteiger partial charge in [0.25, 0.3) is 0 Å². The summed E-state index contributed by atoms with van der Waals surface area (Å²) in [5, 5.41) is 0. The first kappa shape index (κ1) is 37.3. The van der Waals surface area contributed by atoms with Gasteiger partial charge in [0.1, 0.15) is 0 Å². The summed E-state index contributed by atoms with van der Waals surface area (Å²) >= 11 is 0. The van der Waals surface area contributed by atoms with Crippen LogP contribution in [0.3, 0.4) is 0 Å². The maximum atomic E-state index is 0. The van der Waals surface area contributed by atoms with Gasteiger partial charge in [0.15, 0.2) is 0 Å². The van der Waals surface area contributed by atoms with E-state index in [4.69, 9.17) is 0 Å². The molecule has 0 nitrogen and oxygen atoms in total. The van der Waals surface area contributed by atoms with Crippen LogP contribution in [0.1, 0.15) is 0 Å². The van der Waals surface area contributed by atoms with Crippen LogP contribution in [-0.2, 0) is 36.5 Å². The molecule has 0 saturated heterocycles. The van der Waals surface area contributed by atoms with E-state index in [1.807, 2.05) is 0 Å². The van der Waals surface area contributed by atoms with Crippen molar-refractivity contribution in [1.82, 2.24) is 0 Å². The minimum Gasteiger partial charge on any atom is 0 e. The Bertz CT molecular complexity index is 11.6. The second kappa shape index (κ2) is 25.1. The van der Waals surface area contributed by atoms with Gasteiger partial charge in [-0.2, -0.15) is 0 Å². The van der Waals surface area contributed by atoms with Gasteiger partial charge >= 0.3 is 79.7 Å². The molecule has 0 amide bonds. The second-order valence-corrected chi connectivity index (χ2v) is 0. The molecule has 0 aromatic rings. The third kappa shape index (κ3) is 18.2. The monoisotopic (exact) mass is 195 g/mol. The van der Waals surface area contributed by atoms with Gasteiger partial charge in [0, 0.05) is 36.5 Å². The standard InChI is InChI=1S/Ca.Li.Mg.Mn.Zn.5H. The van der Waals surface area contributed by atoms with E-state index in [9.17, 15) is 0 Å². The van der Waals surface area contributed by atoms with Crippen molar-refractivity contribution in [2.45, 2.75) is 0 Å². The Morgan fingerprint density at radius 2 is 1.00 bits per heavy atom. The molecule has 0 unspecified atom stereocenters. The van der Waals surface area contributed by atoms with Crippen LogP contribution in [0, 0.1) is 0 Å². The van der Waals surface area contributed by atoms with E-state index in [1.54, 1.807) is 0 Å².